The van der Waals surface area contributed by atoms with Crippen LogP contribution in [0.25, 0.3) is 0 Å². The van der Waals surface area contributed by atoms with Crippen molar-refractivity contribution in [2.45, 2.75) is 59.0 Å². The molecular formula is C30H37N3O4S. The Morgan fingerprint density at radius 2 is 1.50 bits per heavy atom. The van der Waals surface area contributed by atoms with Crippen LogP contribution in [0.5, 0.6) is 0 Å². The van der Waals surface area contributed by atoms with Gasteiger partial charge in [0.05, 0.1) is 10.6 Å². The van der Waals surface area contributed by atoms with E-state index in [1.54, 1.807) is 37.3 Å². The second-order valence-electron chi connectivity index (χ2n) is 9.70. The van der Waals surface area contributed by atoms with E-state index >= 15 is 0 Å². The highest BCUT2D eigenvalue weighted by Crippen LogP contribution is 2.28. The van der Waals surface area contributed by atoms with Crippen molar-refractivity contribution in [1.82, 2.24) is 10.2 Å². The number of nitrogens with one attached hydrogen (secondary N) is 1. The largest absolute Gasteiger partial charge is 0.355 e. The van der Waals surface area contributed by atoms with Crippen molar-refractivity contribution in [3.63, 3.8) is 0 Å². The van der Waals surface area contributed by atoms with E-state index < -0.39 is 28.5 Å². The van der Waals surface area contributed by atoms with E-state index in [-0.39, 0.29) is 17.3 Å². The lowest BCUT2D eigenvalue weighted by molar-refractivity contribution is -0.139. The normalized spacial score (nSPS) is 12.1. The topological polar surface area (TPSA) is 86.8 Å². The van der Waals surface area contributed by atoms with E-state index in [4.69, 9.17) is 0 Å². The maximum absolute atomic E-state index is 14.0. The van der Waals surface area contributed by atoms with E-state index in [1.165, 1.54) is 4.90 Å². The smallest absolute Gasteiger partial charge is 0.264 e. The number of carbonyl (C=O) groups excluding carboxylic acids is 2. The van der Waals surface area contributed by atoms with E-state index in [2.05, 4.69) is 5.32 Å². The van der Waals surface area contributed by atoms with Gasteiger partial charge in [-0.2, -0.15) is 0 Å². The van der Waals surface area contributed by atoms with E-state index in [9.17, 15) is 18.0 Å². The number of hydrogen-bond acceptors (Lipinski definition) is 4. The van der Waals surface area contributed by atoms with Crippen LogP contribution in [0.15, 0.2) is 71.6 Å². The summed E-state index contributed by atoms with van der Waals surface area (Å²) in [4.78, 5) is 28.3. The summed E-state index contributed by atoms with van der Waals surface area (Å²) in [5.74, 6) is -0.768. The molecule has 0 heterocycles. The van der Waals surface area contributed by atoms with Crippen molar-refractivity contribution >= 4 is 27.5 Å². The van der Waals surface area contributed by atoms with Crippen LogP contribution in [0, 0.1) is 27.7 Å². The predicted molar refractivity (Wildman–Crippen MR) is 152 cm³/mol. The van der Waals surface area contributed by atoms with E-state index in [1.807, 2.05) is 71.0 Å². The van der Waals surface area contributed by atoms with E-state index in [0.717, 1.165) is 32.1 Å². The third-order valence-corrected chi connectivity index (χ3v) is 8.25. The molecule has 0 unspecified atom stereocenters. The van der Waals surface area contributed by atoms with Crippen molar-refractivity contribution in [2.24, 2.45) is 0 Å². The summed E-state index contributed by atoms with van der Waals surface area (Å²) < 4.78 is 29.1. The van der Waals surface area contributed by atoms with Crippen molar-refractivity contribution < 1.29 is 18.0 Å². The van der Waals surface area contributed by atoms with Gasteiger partial charge in [-0.25, -0.2) is 8.42 Å². The lowest BCUT2D eigenvalue weighted by Crippen LogP contribution is -2.51. The maximum Gasteiger partial charge on any atom is 0.264 e. The minimum atomic E-state index is -4.09. The van der Waals surface area contributed by atoms with Crippen LogP contribution >= 0.6 is 0 Å². The van der Waals surface area contributed by atoms with Crippen LogP contribution in [-0.2, 0) is 26.2 Å². The molecule has 0 saturated carbocycles. The molecule has 1 atom stereocenters. The third kappa shape index (κ3) is 6.81. The summed E-state index contributed by atoms with van der Waals surface area (Å²) in [6.07, 6.45) is 0. The molecule has 3 rings (SSSR count). The number of aryl methyl sites for hydroxylation is 4. The molecule has 0 aromatic heterocycles. The molecule has 8 heteroatoms. The lowest BCUT2D eigenvalue weighted by Gasteiger charge is -2.32. The molecule has 7 nitrogen and oxygen atoms in total. The molecule has 202 valence electrons. The average Bonchev–Trinajstić information content (AvgIpc) is 2.87. The zero-order chi connectivity index (χ0) is 28.0. The molecule has 38 heavy (non-hydrogen) atoms. The Kier molecular flexibility index (Phi) is 9.33. The zero-order valence-electron chi connectivity index (χ0n) is 23.0. The molecule has 1 N–H and O–H groups in total. The highest BCUT2D eigenvalue weighted by atomic mass is 32.2. The maximum atomic E-state index is 14.0. The van der Waals surface area contributed by atoms with Gasteiger partial charge in [-0.1, -0.05) is 59.7 Å². The van der Waals surface area contributed by atoms with Crippen LogP contribution in [0.3, 0.4) is 0 Å². The van der Waals surface area contributed by atoms with Crippen molar-refractivity contribution in [2.75, 3.05) is 17.4 Å². The fourth-order valence-corrected chi connectivity index (χ4v) is 5.72. The first kappa shape index (κ1) is 28.9. The molecule has 0 spiro atoms. The lowest BCUT2D eigenvalue weighted by atomic mass is 10.1. The summed E-state index contributed by atoms with van der Waals surface area (Å²) in [6.45, 7) is 11.2. The highest BCUT2D eigenvalue weighted by molar-refractivity contribution is 7.92. The van der Waals surface area contributed by atoms with Crippen LogP contribution < -0.4 is 9.62 Å². The number of benzene rings is 3. The van der Waals surface area contributed by atoms with Gasteiger partial charge in [-0.05, 0) is 76.4 Å². The minimum Gasteiger partial charge on any atom is -0.355 e. The van der Waals surface area contributed by atoms with Gasteiger partial charge in [0.15, 0.2) is 0 Å². The minimum absolute atomic E-state index is 0.0961. The number of amides is 2. The van der Waals surface area contributed by atoms with Gasteiger partial charge >= 0.3 is 0 Å². The fourth-order valence-electron chi connectivity index (χ4n) is 4.25. The van der Waals surface area contributed by atoms with Gasteiger partial charge in [-0.3, -0.25) is 13.9 Å². The highest BCUT2D eigenvalue weighted by Gasteiger charge is 2.33. The van der Waals surface area contributed by atoms with Gasteiger partial charge in [-0.15, -0.1) is 0 Å². The number of nitrogens with zero attached hydrogens (tertiary/aromatic N) is 2. The summed E-state index contributed by atoms with van der Waals surface area (Å²) in [5.41, 5.74) is 4.84. The molecule has 0 aliphatic rings. The Balaban J connectivity index is 2.08. The van der Waals surface area contributed by atoms with E-state index in [0.29, 0.717) is 12.2 Å². The number of carbonyl (C=O) groups is 2. The van der Waals surface area contributed by atoms with Crippen molar-refractivity contribution in [1.29, 1.82) is 0 Å². The zero-order valence-corrected chi connectivity index (χ0v) is 23.8. The third-order valence-electron chi connectivity index (χ3n) is 6.47. The molecule has 0 aliphatic carbocycles. The number of sulfonamides is 1. The quantitative estimate of drug-likeness (QED) is 0.409. The van der Waals surface area contributed by atoms with Gasteiger partial charge in [0.2, 0.25) is 11.8 Å². The molecule has 3 aromatic rings. The molecule has 0 fully saturated rings. The Hall–Kier alpha value is -3.65. The van der Waals surface area contributed by atoms with Crippen molar-refractivity contribution in [3.8, 4) is 0 Å². The van der Waals surface area contributed by atoms with Gasteiger partial charge in [0.1, 0.15) is 12.6 Å². The molecule has 0 saturated heterocycles. The Morgan fingerprint density at radius 1 is 0.868 bits per heavy atom. The fraction of sp³-hybridized carbons (Fsp3) is 0.333. The van der Waals surface area contributed by atoms with Crippen LogP contribution in [0.4, 0.5) is 5.69 Å². The molecule has 0 bridgehead atoms. The summed E-state index contributed by atoms with van der Waals surface area (Å²) in [6, 6.07) is 19.0. The summed E-state index contributed by atoms with van der Waals surface area (Å²) in [5, 5.41) is 2.78. The predicted octanol–water partition coefficient (Wildman–Crippen LogP) is 4.67. The summed E-state index contributed by atoms with van der Waals surface area (Å²) >= 11 is 0. The second kappa shape index (κ2) is 12.3. The Bertz CT molecular complexity index is 1400. The van der Waals surface area contributed by atoms with Crippen LogP contribution in [0.1, 0.15) is 41.7 Å². The number of hydrogen-bond donors (Lipinski definition) is 1. The van der Waals surface area contributed by atoms with Crippen molar-refractivity contribution in [3.05, 3.63) is 94.5 Å². The Morgan fingerprint density at radius 3 is 2.13 bits per heavy atom. The summed E-state index contributed by atoms with van der Waals surface area (Å²) in [7, 11) is -4.09. The van der Waals surface area contributed by atoms with Gasteiger partial charge in [0.25, 0.3) is 10.0 Å². The molecule has 2 amide bonds. The molecular weight excluding hydrogens is 498 g/mol. The SMILES string of the molecule is CCNC(=O)[C@H](C)N(Cc1cccc(C)c1)C(=O)CN(c1cc(C)ccc1C)S(=O)(=O)c1ccc(C)cc1. The number of likely N-dealkylation sites (N-methyl/N-ethyl adjacent to an activating group) is 1. The standard InChI is InChI=1S/C30H37N3O4S/c1-7-31-30(35)25(6)32(19-26-10-8-9-22(3)17-26)29(34)20-33(28-18-23(4)11-14-24(28)5)38(36,37)27-15-12-21(2)13-16-27/h8-18,25H,7,19-20H2,1-6H3,(H,31,35)/t25-/m0/s1. The van der Waals surface area contributed by atoms with Gasteiger partial charge in [0, 0.05) is 13.1 Å². The van der Waals surface area contributed by atoms with Crippen LogP contribution in [0.2, 0.25) is 0 Å². The number of anilines is 1. The first-order valence-corrected chi connectivity index (χ1v) is 14.2. The molecule has 0 aliphatic heterocycles. The molecule has 3 aromatic carbocycles. The second-order valence-corrected chi connectivity index (χ2v) is 11.6. The Labute approximate surface area is 226 Å². The van der Waals surface area contributed by atoms with Crippen LogP contribution in [-0.4, -0.2) is 44.3 Å². The number of rotatable bonds is 10. The van der Waals surface area contributed by atoms with Gasteiger partial charge < -0.3 is 10.2 Å². The molecule has 0 radical (unpaired) electrons. The monoisotopic (exact) mass is 535 g/mol. The first-order valence-electron chi connectivity index (χ1n) is 12.7. The first-order chi connectivity index (χ1) is 17.9. The average molecular weight is 536 g/mol.